The normalized spacial score (nSPS) is 18.8. The van der Waals surface area contributed by atoms with E-state index in [1.54, 1.807) is 12.1 Å². The molecule has 0 radical (unpaired) electrons. The third-order valence-corrected chi connectivity index (χ3v) is 3.90. The van der Waals surface area contributed by atoms with E-state index in [4.69, 9.17) is 9.88 Å². The van der Waals surface area contributed by atoms with Crippen LogP contribution in [-0.4, -0.2) is 33.7 Å². The van der Waals surface area contributed by atoms with E-state index in [1.807, 2.05) is 0 Å². The van der Waals surface area contributed by atoms with Crippen molar-refractivity contribution in [2.75, 3.05) is 13.2 Å². The van der Waals surface area contributed by atoms with Crippen LogP contribution in [0.3, 0.4) is 0 Å². The van der Waals surface area contributed by atoms with Crippen molar-refractivity contribution >= 4 is 16.1 Å². The van der Waals surface area contributed by atoms with E-state index >= 15 is 0 Å². The Morgan fingerprint density at radius 1 is 1.35 bits per heavy atom. The average molecular weight is 299 g/mol. The van der Waals surface area contributed by atoms with Gasteiger partial charge in [-0.1, -0.05) is 12.1 Å². The Labute approximate surface area is 117 Å². The highest BCUT2D eigenvalue weighted by atomic mass is 32.2. The van der Waals surface area contributed by atoms with Gasteiger partial charge in [0.1, 0.15) is 0 Å². The second-order valence-electron chi connectivity index (χ2n) is 4.58. The molecule has 0 aromatic heterocycles. The molecule has 1 saturated heterocycles. The lowest BCUT2D eigenvalue weighted by molar-refractivity contribution is 0.188. The standard InChI is InChI=1S/C12H17N3O4S/c13-20(17,18)11-3-1-9(2-4-11)7-14-12(16)15-10-5-6-19-8-10/h1-4,10H,5-8H2,(H2,13,17,18)(H2,14,15,16). The Kier molecular flexibility index (Phi) is 4.58. The highest BCUT2D eigenvalue weighted by Crippen LogP contribution is 2.08. The van der Waals surface area contributed by atoms with Gasteiger partial charge in [0.2, 0.25) is 10.0 Å². The van der Waals surface area contributed by atoms with Crippen LogP contribution in [0.25, 0.3) is 0 Å². The molecule has 1 fully saturated rings. The molecular formula is C12H17N3O4S. The molecule has 1 atom stereocenters. The van der Waals surface area contributed by atoms with Crippen molar-refractivity contribution in [2.45, 2.75) is 23.9 Å². The maximum absolute atomic E-state index is 11.6. The number of benzene rings is 1. The molecule has 0 bridgehead atoms. The molecule has 2 rings (SSSR count). The molecule has 4 N–H and O–H groups in total. The minimum Gasteiger partial charge on any atom is -0.379 e. The number of primary sulfonamides is 1. The van der Waals surface area contributed by atoms with E-state index in [1.165, 1.54) is 12.1 Å². The summed E-state index contributed by atoms with van der Waals surface area (Å²) in [7, 11) is -3.68. The van der Waals surface area contributed by atoms with Gasteiger partial charge in [-0.3, -0.25) is 0 Å². The van der Waals surface area contributed by atoms with Gasteiger partial charge in [-0.25, -0.2) is 18.4 Å². The third-order valence-electron chi connectivity index (χ3n) is 2.97. The maximum atomic E-state index is 11.6. The molecular weight excluding hydrogens is 282 g/mol. The lowest BCUT2D eigenvalue weighted by Crippen LogP contribution is -2.42. The summed E-state index contributed by atoms with van der Waals surface area (Å²) in [6.45, 7) is 1.51. The lowest BCUT2D eigenvalue weighted by Gasteiger charge is -2.12. The average Bonchev–Trinajstić information content (AvgIpc) is 2.88. The molecule has 0 saturated carbocycles. The van der Waals surface area contributed by atoms with Crippen molar-refractivity contribution in [3.63, 3.8) is 0 Å². The number of hydrogen-bond acceptors (Lipinski definition) is 4. The fourth-order valence-corrected chi connectivity index (χ4v) is 2.38. The van der Waals surface area contributed by atoms with E-state index in [0.717, 1.165) is 12.0 Å². The van der Waals surface area contributed by atoms with Gasteiger partial charge in [-0.05, 0) is 24.1 Å². The summed E-state index contributed by atoms with van der Waals surface area (Å²) in [6.07, 6.45) is 0.816. The molecule has 1 heterocycles. The summed E-state index contributed by atoms with van der Waals surface area (Å²) in [5.41, 5.74) is 0.787. The first-order valence-electron chi connectivity index (χ1n) is 6.19. The summed E-state index contributed by atoms with van der Waals surface area (Å²) in [5, 5.41) is 10.5. The van der Waals surface area contributed by atoms with Gasteiger partial charge in [0.15, 0.2) is 0 Å². The molecule has 1 unspecified atom stereocenters. The van der Waals surface area contributed by atoms with Crippen molar-refractivity contribution in [2.24, 2.45) is 5.14 Å². The minimum atomic E-state index is -3.68. The lowest BCUT2D eigenvalue weighted by atomic mass is 10.2. The smallest absolute Gasteiger partial charge is 0.315 e. The zero-order chi connectivity index (χ0) is 14.6. The molecule has 1 aliphatic rings. The monoisotopic (exact) mass is 299 g/mol. The Hall–Kier alpha value is -1.64. The Bertz CT molecular complexity index is 565. The summed E-state index contributed by atoms with van der Waals surface area (Å²) >= 11 is 0. The fourth-order valence-electron chi connectivity index (χ4n) is 1.86. The van der Waals surface area contributed by atoms with Crippen molar-refractivity contribution in [3.8, 4) is 0 Å². The van der Waals surface area contributed by atoms with E-state index in [2.05, 4.69) is 10.6 Å². The van der Waals surface area contributed by atoms with Gasteiger partial charge >= 0.3 is 6.03 Å². The van der Waals surface area contributed by atoms with Gasteiger partial charge < -0.3 is 15.4 Å². The molecule has 1 aromatic rings. The second-order valence-corrected chi connectivity index (χ2v) is 6.14. The van der Waals surface area contributed by atoms with Crippen molar-refractivity contribution < 1.29 is 17.9 Å². The van der Waals surface area contributed by atoms with Crippen LogP contribution in [0.15, 0.2) is 29.2 Å². The van der Waals surface area contributed by atoms with E-state index in [9.17, 15) is 13.2 Å². The predicted molar refractivity (Wildman–Crippen MR) is 72.4 cm³/mol. The molecule has 8 heteroatoms. The van der Waals surface area contributed by atoms with E-state index in [-0.39, 0.29) is 17.0 Å². The Morgan fingerprint density at radius 3 is 2.60 bits per heavy atom. The molecule has 7 nitrogen and oxygen atoms in total. The molecule has 0 spiro atoms. The van der Waals surface area contributed by atoms with Crippen LogP contribution >= 0.6 is 0 Å². The van der Waals surface area contributed by atoms with Crippen LogP contribution in [0.5, 0.6) is 0 Å². The number of rotatable bonds is 4. The third kappa shape index (κ3) is 4.19. The first-order valence-corrected chi connectivity index (χ1v) is 7.73. The Balaban J connectivity index is 1.83. The molecule has 1 aliphatic heterocycles. The van der Waals surface area contributed by atoms with Gasteiger partial charge in [0, 0.05) is 13.2 Å². The molecule has 2 amide bonds. The van der Waals surface area contributed by atoms with Crippen LogP contribution < -0.4 is 15.8 Å². The highest BCUT2D eigenvalue weighted by Gasteiger charge is 2.17. The van der Waals surface area contributed by atoms with Crippen LogP contribution in [0.1, 0.15) is 12.0 Å². The van der Waals surface area contributed by atoms with E-state index < -0.39 is 10.0 Å². The van der Waals surface area contributed by atoms with Crippen molar-refractivity contribution in [1.29, 1.82) is 0 Å². The number of nitrogens with one attached hydrogen (secondary N) is 2. The first kappa shape index (κ1) is 14.8. The van der Waals surface area contributed by atoms with Crippen LogP contribution in [0, 0.1) is 0 Å². The molecule has 0 aliphatic carbocycles. The van der Waals surface area contributed by atoms with Gasteiger partial charge in [0.25, 0.3) is 0 Å². The van der Waals surface area contributed by atoms with Crippen LogP contribution in [0.4, 0.5) is 4.79 Å². The van der Waals surface area contributed by atoms with Gasteiger partial charge in [0.05, 0.1) is 17.5 Å². The quantitative estimate of drug-likeness (QED) is 0.722. The maximum Gasteiger partial charge on any atom is 0.315 e. The first-order chi connectivity index (χ1) is 9.45. The van der Waals surface area contributed by atoms with E-state index in [0.29, 0.717) is 19.8 Å². The summed E-state index contributed by atoms with van der Waals surface area (Å²) in [4.78, 5) is 11.7. The largest absolute Gasteiger partial charge is 0.379 e. The van der Waals surface area contributed by atoms with Crippen LogP contribution in [0.2, 0.25) is 0 Å². The fraction of sp³-hybridized carbons (Fsp3) is 0.417. The topological polar surface area (TPSA) is 111 Å². The number of carbonyl (C=O) groups is 1. The number of amides is 2. The summed E-state index contributed by atoms with van der Waals surface area (Å²) in [5.74, 6) is 0. The number of ether oxygens (including phenoxy) is 1. The second kappa shape index (κ2) is 6.21. The number of carbonyl (C=O) groups excluding carboxylic acids is 1. The summed E-state index contributed by atoms with van der Waals surface area (Å²) in [6, 6.07) is 5.83. The Morgan fingerprint density at radius 2 is 2.05 bits per heavy atom. The molecule has 20 heavy (non-hydrogen) atoms. The van der Waals surface area contributed by atoms with Crippen molar-refractivity contribution in [1.82, 2.24) is 10.6 Å². The minimum absolute atomic E-state index is 0.0498. The zero-order valence-electron chi connectivity index (χ0n) is 10.8. The SMILES string of the molecule is NS(=O)(=O)c1ccc(CNC(=O)NC2CCOC2)cc1. The predicted octanol–water partition coefficient (Wildman–Crippen LogP) is -0.0779. The number of urea groups is 1. The summed E-state index contributed by atoms with van der Waals surface area (Å²) < 4.78 is 27.3. The van der Waals surface area contributed by atoms with Gasteiger partial charge in [-0.15, -0.1) is 0 Å². The molecule has 110 valence electrons. The number of hydrogen-bond donors (Lipinski definition) is 3. The highest BCUT2D eigenvalue weighted by molar-refractivity contribution is 7.89. The van der Waals surface area contributed by atoms with Crippen molar-refractivity contribution in [3.05, 3.63) is 29.8 Å². The number of nitrogens with two attached hydrogens (primary N) is 1. The van der Waals surface area contributed by atoms with Gasteiger partial charge in [-0.2, -0.15) is 0 Å². The molecule has 1 aromatic carbocycles. The zero-order valence-corrected chi connectivity index (χ0v) is 11.7. The van der Waals surface area contributed by atoms with Crippen LogP contribution in [-0.2, 0) is 21.3 Å². The number of sulfonamides is 1.